The van der Waals surface area contributed by atoms with E-state index >= 15 is 0 Å². The van der Waals surface area contributed by atoms with Gasteiger partial charge in [0.25, 0.3) is 0 Å². The lowest BCUT2D eigenvalue weighted by molar-refractivity contribution is -0.149. The van der Waals surface area contributed by atoms with Gasteiger partial charge in [0.1, 0.15) is 18.4 Å². The van der Waals surface area contributed by atoms with Gasteiger partial charge in [-0.05, 0) is 35.4 Å². The van der Waals surface area contributed by atoms with Crippen molar-refractivity contribution in [2.24, 2.45) is 5.73 Å². The Morgan fingerprint density at radius 3 is 2.18 bits per heavy atom. The molecular weight excluding hydrogens is 338 g/mol. The molecule has 2 nitrogen and oxygen atoms in total. The highest BCUT2D eigenvalue weighted by molar-refractivity contribution is 6.42. The first-order chi connectivity index (χ1) is 10.3. The molecule has 118 valence electrons. The molecule has 0 saturated heterocycles. The molecule has 0 aliphatic rings. The minimum Gasteiger partial charge on any atom is -0.489 e. The molecule has 0 aromatic heterocycles. The van der Waals surface area contributed by atoms with Crippen LogP contribution in [0.3, 0.4) is 0 Å². The van der Waals surface area contributed by atoms with Crippen molar-refractivity contribution < 1.29 is 17.9 Å². The highest BCUT2D eigenvalue weighted by atomic mass is 35.5. The zero-order chi connectivity index (χ0) is 16.3. The second-order valence-electron chi connectivity index (χ2n) is 4.63. The van der Waals surface area contributed by atoms with E-state index in [4.69, 9.17) is 33.7 Å². The van der Waals surface area contributed by atoms with E-state index in [2.05, 4.69) is 0 Å². The summed E-state index contributed by atoms with van der Waals surface area (Å²) in [6.07, 6.45) is -4.47. The molecule has 7 heteroatoms. The summed E-state index contributed by atoms with van der Waals surface area (Å²) < 4.78 is 43.0. The minimum absolute atomic E-state index is 0.0191. The predicted molar refractivity (Wildman–Crippen MR) is 80.2 cm³/mol. The molecule has 0 aliphatic heterocycles. The average Bonchev–Trinajstić information content (AvgIpc) is 2.47. The molecule has 0 heterocycles. The molecule has 0 unspecified atom stereocenters. The molecule has 2 rings (SSSR count). The zero-order valence-electron chi connectivity index (χ0n) is 11.2. The molecule has 0 bridgehead atoms. The Morgan fingerprint density at radius 2 is 1.64 bits per heavy atom. The van der Waals surface area contributed by atoms with Gasteiger partial charge in [0.15, 0.2) is 0 Å². The molecule has 0 spiro atoms. The molecular formula is C15H12Cl2F3NO. The van der Waals surface area contributed by atoms with Gasteiger partial charge in [-0.1, -0.05) is 41.4 Å². The monoisotopic (exact) mass is 349 g/mol. The molecule has 1 atom stereocenters. The van der Waals surface area contributed by atoms with Crippen LogP contribution in [0.2, 0.25) is 10.0 Å². The number of rotatable bonds is 4. The fourth-order valence-electron chi connectivity index (χ4n) is 1.76. The summed E-state index contributed by atoms with van der Waals surface area (Å²) in [6, 6.07) is 8.53. The van der Waals surface area contributed by atoms with Gasteiger partial charge in [0.05, 0.1) is 10.0 Å². The third kappa shape index (κ3) is 4.29. The van der Waals surface area contributed by atoms with Crippen LogP contribution in [0, 0.1) is 0 Å². The summed E-state index contributed by atoms with van der Waals surface area (Å²) in [4.78, 5) is 0. The third-order valence-corrected chi connectivity index (χ3v) is 3.72. The van der Waals surface area contributed by atoms with Crippen molar-refractivity contribution in [1.82, 2.24) is 0 Å². The molecule has 0 fully saturated rings. The summed E-state index contributed by atoms with van der Waals surface area (Å²) in [7, 11) is 0. The van der Waals surface area contributed by atoms with E-state index in [1.807, 2.05) is 0 Å². The quantitative estimate of drug-likeness (QED) is 0.829. The number of alkyl halides is 3. The molecule has 0 saturated carbocycles. The molecule has 22 heavy (non-hydrogen) atoms. The van der Waals surface area contributed by atoms with Crippen molar-refractivity contribution in [2.75, 3.05) is 0 Å². The smallest absolute Gasteiger partial charge is 0.407 e. The van der Waals surface area contributed by atoms with Gasteiger partial charge in [-0.3, -0.25) is 0 Å². The van der Waals surface area contributed by atoms with E-state index in [0.29, 0.717) is 15.8 Å². The maximum absolute atomic E-state index is 12.5. The van der Waals surface area contributed by atoms with Crippen LogP contribution in [0.25, 0.3) is 0 Å². The van der Waals surface area contributed by atoms with Crippen molar-refractivity contribution in [3.05, 3.63) is 63.6 Å². The molecule has 2 N–H and O–H groups in total. The van der Waals surface area contributed by atoms with E-state index < -0.39 is 12.2 Å². The molecule has 0 amide bonds. The molecule has 0 radical (unpaired) electrons. The Hall–Kier alpha value is -1.43. The Kier molecular flexibility index (Phi) is 5.21. The van der Waals surface area contributed by atoms with Crippen molar-refractivity contribution in [1.29, 1.82) is 0 Å². The lowest BCUT2D eigenvalue weighted by atomic mass is 10.1. The second-order valence-corrected chi connectivity index (χ2v) is 5.44. The fourth-order valence-corrected chi connectivity index (χ4v) is 2.08. The highest BCUT2D eigenvalue weighted by Gasteiger charge is 2.37. The molecule has 2 aromatic carbocycles. The minimum atomic E-state index is -4.47. The van der Waals surface area contributed by atoms with Crippen LogP contribution in [0.15, 0.2) is 42.5 Å². The van der Waals surface area contributed by atoms with Gasteiger partial charge in [-0.25, -0.2) is 0 Å². The number of hydrogen-bond donors (Lipinski definition) is 1. The topological polar surface area (TPSA) is 35.2 Å². The van der Waals surface area contributed by atoms with E-state index in [1.165, 1.54) is 24.3 Å². The normalized spacial score (nSPS) is 13.0. The van der Waals surface area contributed by atoms with Crippen molar-refractivity contribution in [2.45, 2.75) is 18.8 Å². The standard InChI is InChI=1S/C15H12Cl2F3NO/c16-12-6-1-9(7-13(12)17)8-22-11-4-2-10(3-5-11)14(21)15(18,19)20/h1-7,14H,8,21H2/t14-/m1/s1. The fraction of sp³-hybridized carbons (Fsp3) is 0.200. The van der Waals surface area contributed by atoms with Gasteiger partial charge in [0.2, 0.25) is 0 Å². The third-order valence-electron chi connectivity index (χ3n) is 2.98. The maximum Gasteiger partial charge on any atom is 0.407 e. The van der Waals surface area contributed by atoms with Crippen molar-refractivity contribution in [3.8, 4) is 5.75 Å². The van der Waals surface area contributed by atoms with Gasteiger partial charge in [-0.2, -0.15) is 13.2 Å². The largest absolute Gasteiger partial charge is 0.489 e. The Balaban J connectivity index is 2.01. The maximum atomic E-state index is 12.5. The first-order valence-corrected chi connectivity index (χ1v) is 7.02. The van der Waals surface area contributed by atoms with Gasteiger partial charge >= 0.3 is 6.18 Å². The van der Waals surface area contributed by atoms with Crippen molar-refractivity contribution >= 4 is 23.2 Å². The summed E-state index contributed by atoms with van der Waals surface area (Å²) in [5, 5.41) is 0.852. The second kappa shape index (κ2) is 6.77. The number of hydrogen-bond acceptors (Lipinski definition) is 2. The van der Waals surface area contributed by atoms with Crippen LogP contribution < -0.4 is 10.5 Å². The summed E-state index contributed by atoms with van der Waals surface area (Å²) >= 11 is 11.7. The first kappa shape index (κ1) is 16.9. The molecule has 0 aliphatic carbocycles. The highest BCUT2D eigenvalue weighted by Crippen LogP contribution is 2.31. The summed E-state index contributed by atoms with van der Waals surface area (Å²) in [5.74, 6) is 0.434. The lowest BCUT2D eigenvalue weighted by Crippen LogP contribution is -2.28. The van der Waals surface area contributed by atoms with Gasteiger partial charge in [-0.15, -0.1) is 0 Å². The van der Waals surface area contributed by atoms with E-state index in [1.54, 1.807) is 18.2 Å². The van der Waals surface area contributed by atoms with Gasteiger partial charge < -0.3 is 10.5 Å². The average molecular weight is 350 g/mol. The van der Waals surface area contributed by atoms with Crippen LogP contribution in [0.1, 0.15) is 17.2 Å². The zero-order valence-corrected chi connectivity index (χ0v) is 12.7. The molecule has 2 aromatic rings. The van der Waals surface area contributed by atoms with Crippen LogP contribution in [-0.2, 0) is 6.61 Å². The Bertz CT molecular complexity index is 644. The number of ether oxygens (including phenoxy) is 1. The van der Waals surface area contributed by atoms with Crippen LogP contribution >= 0.6 is 23.2 Å². The first-order valence-electron chi connectivity index (χ1n) is 6.26. The Labute approximate surface area is 135 Å². The van der Waals surface area contributed by atoms with Gasteiger partial charge in [0, 0.05) is 0 Å². The van der Waals surface area contributed by atoms with E-state index in [-0.39, 0.29) is 12.2 Å². The van der Waals surface area contributed by atoms with Crippen LogP contribution in [0.5, 0.6) is 5.75 Å². The SMILES string of the molecule is N[C@H](c1ccc(OCc2ccc(Cl)c(Cl)c2)cc1)C(F)(F)F. The predicted octanol–water partition coefficient (Wildman–Crippen LogP) is 5.13. The Morgan fingerprint density at radius 1 is 1.00 bits per heavy atom. The van der Waals surface area contributed by atoms with E-state index in [0.717, 1.165) is 5.56 Å². The number of benzene rings is 2. The number of halogens is 5. The summed E-state index contributed by atoms with van der Waals surface area (Å²) in [5.41, 5.74) is 5.90. The van der Waals surface area contributed by atoms with E-state index in [9.17, 15) is 13.2 Å². The van der Waals surface area contributed by atoms with Crippen molar-refractivity contribution in [3.63, 3.8) is 0 Å². The number of nitrogens with two attached hydrogens (primary N) is 1. The lowest BCUT2D eigenvalue weighted by Gasteiger charge is -2.16. The van der Waals surface area contributed by atoms with Crippen LogP contribution in [-0.4, -0.2) is 6.18 Å². The van der Waals surface area contributed by atoms with Crippen LogP contribution in [0.4, 0.5) is 13.2 Å². The summed E-state index contributed by atoms with van der Waals surface area (Å²) in [6.45, 7) is 0.224.